The largest absolute Gasteiger partial charge is 0.493 e. The molecule has 1 atom stereocenters. The third-order valence-corrected chi connectivity index (χ3v) is 6.11. The van der Waals surface area contributed by atoms with Crippen LogP contribution in [0.1, 0.15) is 20.3 Å². The molecule has 0 amide bonds. The van der Waals surface area contributed by atoms with Crippen molar-refractivity contribution in [3.63, 3.8) is 0 Å². The van der Waals surface area contributed by atoms with Crippen LogP contribution in [-0.2, 0) is 10.0 Å². The van der Waals surface area contributed by atoms with Gasteiger partial charge in [-0.05, 0) is 24.0 Å². The summed E-state index contributed by atoms with van der Waals surface area (Å²) in [4.78, 5) is 0.205. The molecule has 2 N–H and O–H groups in total. The minimum absolute atomic E-state index is 0. The molecule has 23 heavy (non-hydrogen) atoms. The van der Waals surface area contributed by atoms with Gasteiger partial charge in [0.05, 0.1) is 19.1 Å². The van der Waals surface area contributed by atoms with Crippen LogP contribution in [-0.4, -0.2) is 46.1 Å². The molecule has 1 heterocycles. The van der Waals surface area contributed by atoms with Crippen LogP contribution in [0.5, 0.6) is 11.5 Å². The van der Waals surface area contributed by atoms with E-state index in [9.17, 15) is 8.42 Å². The van der Waals surface area contributed by atoms with E-state index < -0.39 is 10.0 Å². The Labute approximate surface area is 144 Å². The number of halogens is 1. The summed E-state index contributed by atoms with van der Waals surface area (Å²) in [5.41, 5.74) is 5.83. The van der Waals surface area contributed by atoms with Gasteiger partial charge in [0.15, 0.2) is 11.5 Å². The molecule has 1 aromatic carbocycles. The fourth-order valence-electron chi connectivity index (χ4n) is 2.66. The maximum Gasteiger partial charge on any atom is 0.243 e. The lowest BCUT2D eigenvalue weighted by atomic mass is 9.81. The number of sulfonamides is 1. The summed E-state index contributed by atoms with van der Waals surface area (Å²) >= 11 is 0. The third-order valence-electron chi connectivity index (χ3n) is 4.27. The van der Waals surface area contributed by atoms with Crippen LogP contribution in [0.15, 0.2) is 23.1 Å². The molecule has 1 aromatic rings. The Morgan fingerprint density at radius 3 is 2.35 bits per heavy atom. The molecule has 0 spiro atoms. The van der Waals surface area contributed by atoms with Crippen LogP contribution in [0.2, 0.25) is 0 Å². The van der Waals surface area contributed by atoms with E-state index in [1.165, 1.54) is 30.7 Å². The van der Waals surface area contributed by atoms with Crippen molar-refractivity contribution in [1.82, 2.24) is 4.31 Å². The Kier molecular flexibility index (Phi) is 6.32. The molecule has 0 bridgehead atoms. The van der Waals surface area contributed by atoms with Gasteiger partial charge in [-0.1, -0.05) is 13.8 Å². The molecule has 0 aliphatic carbocycles. The number of rotatable bonds is 4. The highest BCUT2D eigenvalue weighted by atomic mass is 35.5. The lowest BCUT2D eigenvalue weighted by molar-refractivity contribution is 0.155. The highest BCUT2D eigenvalue weighted by Crippen LogP contribution is 2.34. The van der Waals surface area contributed by atoms with Crippen LogP contribution >= 0.6 is 12.4 Å². The first-order chi connectivity index (χ1) is 10.2. The van der Waals surface area contributed by atoms with Crippen molar-refractivity contribution in [2.75, 3.05) is 27.3 Å². The van der Waals surface area contributed by atoms with E-state index in [4.69, 9.17) is 15.2 Å². The van der Waals surface area contributed by atoms with Crippen LogP contribution in [0, 0.1) is 5.41 Å². The van der Waals surface area contributed by atoms with Crippen LogP contribution in [0.3, 0.4) is 0 Å². The summed E-state index contributed by atoms with van der Waals surface area (Å²) < 4.78 is 37.5. The second-order valence-electron chi connectivity index (χ2n) is 6.24. The molecule has 1 fully saturated rings. The molecule has 132 valence electrons. The molecular formula is C15H25ClN2O4S. The molecule has 2 rings (SSSR count). The average Bonchev–Trinajstić information content (AvgIpc) is 2.48. The van der Waals surface area contributed by atoms with Gasteiger partial charge in [-0.2, -0.15) is 4.31 Å². The second kappa shape index (κ2) is 7.25. The van der Waals surface area contributed by atoms with Gasteiger partial charge in [-0.15, -0.1) is 12.4 Å². The Balaban J connectivity index is 0.00000264. The highest BCUT2D eigenvalue weighted by Gasteiger charge is 2.39. The van der Waals surface area contributed by atoms with Crippen molar-refractivity contribution in [3.05, 3.63) is 18.2 Å². The van der Waals surface area contributed by atoms with Crippen LogP contribution in [0.25, 0.3) is 0 Å². The molecule has 6 nitrogen and oxygen atoms in total. The Hall–Kier alpha value is -1.02. The number of nitrogens with zero attached hydrogens (tertiary/aromatic N) is 1. The summed E-state index contributed by atoms with van der Waals surface area (Å²) in [5, 5.41) is 0. The number of methoxy groups -OCH3 is 2. The minimum Gasteiger partial charge on any atom is -0.493 e. The third kappa shape index (κ3) is 3.91. The molecular weight excluding hydrogens is 340 g/mol. The van der Waals surface area contributed by atoms with Crippen molar-refractivity contribution in [2.24, 2.45) is 11.1 Å². The maximum atomic E-state index is 12.8. The van der Waals surface area contributed by atoms with Crippen molar-refractivity contribution in [1.29, 1.82) is 0 Å². The molecule has 8 heteroatoms. The minimum atomic E-state index is -3.57. The average molecular weight is 365 g/mol. The Bertz CT molecular complexity index is 649. The van der Waals surface area contributed by atoms with Gasteiger partial charge >= 0.3 is 0 Å². The molecule has 0 aromatic heterocycles. The van der Waals surface area contributed by atoms with Crippen LogP contribution < -0.4 is 15.2 Å². The van der Waals surface area contributed by atoms with E-state index in [1.807, 2.05) is 13.8 Å². The van der Waals surface area contributed by atoms with E-state index in [0.717, 1.165) is 0 Å². The normalized spacial score (nSPS) is 21.3. The fraction of sp³-hybridized carbons (Fsp3) is 0.600. The van der Waals surface area contributed by atoms with E-state index in [-0.39, 0.29) is 28.8 Å². The zero-order valence-corrected chi connectivity index (χ0v) is 15.5. The molecule has 0 radical (unpaired) electrons. The lowest BCUT2D eigenvalue weighted by Gasteiger charge is -2.41. The number of nitrogens with two attached hydrogens (primary N) is 1. The SMILES string of the molecule is COc1ccc(S(=O)(=O)N2CCC(N)C(C)(C)C2)cc1OC.Cl. The van der Waals surface area contributed by atoms with Crippen molar-refractivity contribution < 1.29 is 17.9 Å². The molecule has 1 aliphatic heterocycles. The maximum absolute atomic E-state index is 12.8. The topological polar surface area (TPSA) is 81.9 Å². The van der Waals surface area contributed by atoms with Gasteiger partial charge in [0.1, 0.15) is 0 Å². The summed E-state index contributed by atoms with van der Waals surface area (Å²) in [7, 11) is -0.574. The smallest absolute Gasteiger partial charge is 0.243 e. The van der Waals surface area contributed by atoms with Gasteiger partial charge in [0, 0.05) is 25.2 Å². The molecule has 0 saturated carbocycles. The molecule has 1 aliphatic rings. The molecule has 1 unspecified atom stereocenters. The zero-order valence-electron chi connectivity index (χ0n) is 13.9. The van der Waals surface area contributed by atoms with Gasteiger partial charge in [0.2, 0.25) is 10.0 Å². The van der Waals surface area contributed by atoms with E-state index in [2.05, 4.69) is 0 Å². The monoisotopic (exact) mass is 364 g/mol. The Morgan fingerprint density at radius 1 is 1.22 bits per heavy atom. The van der Waals surface area contributed by atoms with Crippen molar-refractivity contribution >= 4 is 22.4 Å². The number of benzene rings is 1. The van der Waals surface area contributed by atoms with E-state index >= 15 is 0 Å². The Morgan fingerprint density at radius 2 is 1.83 bits per heavy atom. The summed E-state index contributed by atoms with van der Waals surface area (Å²) in [6.45, 7) is 4.83. The lowest BCUT2D eigenvalue weighted by Crippen LogP contribution is -2.53. The molecule has 1 saturated heterocycles. The quantitative estimate of drug-likeness (QED) is 0.882. The first-order valence-corrected chi connectivity index (χ1v) is 8.64. The van der Waals surface area contributed by atoms with Crippen molar-refractivity contribution in [3.8, 4) is 11.5 Å². The summed E-state index contributed by atoms with van der Waals surface area (Å²) in [5.74, 6) is 0.902. The fourth-order valence-corrected chi connectivity index (χ4v) is 4.30. The standard InChI is InChI=1S/C15H24N2O4S.ClH/c1-15(2)10-17(8-7-14(15)16)22(18,19)11-5-6-12(20-3)13(9-11)21-4;/h5-6,9,14H,7-8,10,16H2,1-4H3;1H. The van der Waals surface area contributed by atoms with E-state index in [0.29, 0.717) is 31.0 Å². The zero-order chi connectivity index (χ0) is 16.5. The first kappa shape index (κ1) is 20.0. The van der Waals surface area contributed by atoms with Gasteiger partial charge in [0.25, 0.3) is 0 Å². The number of hydrogen-bond donors (Lipinski definition) is 1. The number of ether oxygens (including phenoxy) is 2. The summed E-state index contributed by atoms with van der Waals surface area (Å²) in [6.07, 6.45) is 0.652. The van der Waals surface area contributed by atoms with Gasteiger partial charge < -0.3 is 15.2 Å². The van der Waals surface area contributed by atoms with Gasteiger partial charge in [-0.3, -0.25) is 0 Å². The highest BCUT2D eigenvalue weighted by molar-refractivity contribution is 7.89. The number of piperidine rings is 1. The van der Waals surface area contributed by atoms with Crippen LogP contribution in [0.4, 0.5) is 0 Å². The van der Waals surface area contributed by atoms with Crippen molar-refractivity contribution in [2.45, 2.75) is 31.2 Å². The second-order valence-corrected chi connectivity index (χ2v) is 8.18. The number of hydrogen-bond acceptors (Lipinski definition) is 5. The summed E-state index contributed by atoms with van der Waals surface area (Å²) in [6, 6.07) is 4.64. The predicted octanol–water partition coefficient (Wildman–Crippen LogP) is 1.87. The first-order valence-electron chi connectivity index (χ1n) is 7.20. The van der Waals surface area contributed by atoms with E-state index in [1.54, 1.807) is 6.07 Å². The predicted molar refractivity (Wildman–Crippen MR) is 91.9 cm³/mol. The van der Waals surface area contributed by atoms with Gasteiger partial charge in [-0.25, -0.2) is 8.42 Å².